The predicted octanol–water partition coefficient (Wildman–Crippen LogP) is 3.56. The van der Waals surface area contributed by atoms with Crippen molar-refractivity contribution in [1.82, 2.24) is 4.31 Å². The first-order chi connectivity index (χ1) is 12.3. The van der Waals surface area contributed by atoms with Crippen LogP contribution in [0.25, 0.3) is 0 Å². The Kier molecular flexibility index (Phi) is 5.40. The van der Waals surface area contributed by atoms with Crippen molar-refractivity contribution in [2.75, 3.05) is 12.4 Å². The molecule has 1 aliphatic heterocycles. The molecule has 1 unspecified atom stereocenters. The second kappa shape index (κ2) is 7.56. The van der Waals surface area contributed by atoms with E-state index in [-0.39, 0.29) is 10.2 Å². The zero-order valence-corrected chi connectivity index (χ0v) is 15.8. The average molecular weight is 440 g/mol. The van der Waals surface area contributed by atoms with Gasteiger partial charge in [0.15, 0.2) is 5.70 Å². The standard InChI is InChI=1S/C17H12BrF2N3O2S/c1-23-16(17(24)21-12-6-7-14(20)13(18)8-12)9-15(22-26(23)25)10-2-4-11(19)5-3-10/h2-9H,1H3,(H,21,24). The third-order valence-corrected chi connectivity index (χ3v) is 5.20. The van der Waals surface area contributed by atoms with Crippen LogP contribution in [0.4, 0.5) is 14.5 Å². The molecule has 2 aromatic rings. The summed E-state index contributed by atoms with van der Waals surface area (Å²) in [5.41, 5.74) is 1.31. The fraction of sp³-hybridized carbons (Fsp3) is 0.0588. The minimum Gasteiger partial charge on any atom is -0.566 e. The van der Waals surface area contributed by atoms with Crippen LogP contribution in [0.5, 0.6) is 0 Å². The first kappa shape index (κ1) is 18.6. The first-order valence-corrected chi connectivity index (χ1v) is 9.19. The Morgan fingerprint density at radius 3 is 2.58 bits per heavy atom. The van der Waals surface area contributed by atoms with Gasteiger partial charge >= 0.3 is 0 Å². The number of benzene rings is 2. The van der Waals surface area contributed by atoms with Gasteiger partial charge in [-0.05, 0) is 62.8 Å². The van der Waals surface area contributed by atoms with Crippen LogP contribution in [-0.4, -0.2) is 27.5 Å². The van der Waals surface area contributed by atoms with Crippen LogP contribution in [0.2, 0.25) is 0 Å². The summed E-state index contributed by atoms with van der Waals surface area (Å²) >= 11 is 1.24. The van der Waals surface area contributed by atoms with Gasteiger partial charge < -0.3 is 9.87 Å². The molecule has 9 heteroatoms. The quantitative estimate of drug-likeness (QED) is 0.743. The van der Waals surface area contributed by atoms with Crippen LogP contribution in [0.15, 0.2) is 63.1 Å². The van der Waals surface area contributed by atoms with E-state index in [1.807, 2.05) is 0 Å². The molecule has 2 aromatic carbocycles. The number of nitrogens with one attached hydrogen (secondary N) is 1. The van der Waals surface area contributed by atoms with Gasteiger partial charge in [-0.2, -0.15) is 4.31 Å². The summed E-state index contributed by atoms with van der Waals surface area (Å²) in [6.45, 7) is 0. The summed E-state index contributed by atoms with van der Waals surface area (Å²) in [5.74, 6) is -1.40. The normalized spacial score (nSPS) is 16.8. The highest BCUT2D eigenvalue weighted by atomic mass is 79.9. The van der Waals surface area contributed by atoms with E-state index in [0.717, 1.165) is 0 Å². The van der Waals surface area contributed by atoms with Crippen molar-refractivity contribution in [2.24, 2.45) is 4.40 Å². The van der Waals surface area contributed by atoms with Crippen LogP contribution in [0.3, 0.4) is 0 Å². The molecule has 0 saturated heterocycles. The zero-order chi connectivity index (χ0) is 18.8. The van der Waals surface area contributed by atoms with Gasteiger partial charge in [-0.3, -0.25) is 4.79 Å². The Labute approximate surface area is 160 Å². The molecule has 1 heterocycles. The molecule has 1 N–H and O–H groups in total. The van der Waals surface area contributed by atoms with Crippen molar-refractivity contribution in [3.63, 3.8) is 0 Å². The maximum atomic E-state index is 13.3. The fourth-order valence-corrected chi connectivity index (χ4v) is 3.34. The van der Waals surface area contributed by atoms with E-state index < -0.39 is 29.1 Å². The Bertz CT molecular complexity index is 919. The molecule has 3 rings (SSSR count). The Morgan fingerprint density at radius 1 is 1.23 bits per heavy atom. The summed E-state index contributed by atoms with van der Waals surface area (Å²) in [4.78, 5) is 12.6. The predicted molar refractivity (Wildman–Crippen MR) is 99.7 cm³/mol. The Morgan fingerprint density at radius 2 is 1.92 bits per heavy atom. The largest absolute Gasteiger partial charge is 0.566 e. The number of carbonyl (C=O) groups excluding carboxylic acids is 1. The number of hydrogen-bond donors (Lipinski definition) is 1. The van der Waals surface area contributed by atoms with E-state index in [4.69, 9.17) is 0 Å². The summed E-state index contributed by atoms with van der Waals surface area (Å²) in [6.07, 6.45) is 1.46. The van der Waals surface area contributed by atoms with Gasteiger partial charge in [0, 0.05) is 17.3 Å². The van der Waals surface area contributed by atoms with Gasteiger partial charge in [0.05, 0.1) is 11.5 Å². The van der Waals surface area contributed by atoms with Gasteiger partial charge in [-0.25, -0.2) is 8.78 Å². The Hall–Kier alpha value is -2.23. The molecule has 0 fully saturated rings. The summed E-state index contributed by atoms with van der Waals surface area (Å²) in [5, 5.41) is 2.62. The monoisotopic (exact) mass is 439 g/mol. The molecule has 0 spiro atoms. The average Bonchev–Trinajstić information content (AvgIpc) is 2.61. The lowest BCUT2D eigenvalue weighted by atomic mass is 10.1. The summed E-state index contributed by atoms with van der Waals surface area (Å²) in [7, 11) is 1.47. The topological polar surface area (TPSA) is 67.8 Å². The second-order valence-corrected chi connectivity index (χ2v) is 7.37. The third-order valence-electron chi connectivity index (χ3n) is 3.57. The van der Waals surface area contributed by atoms with E-state index in [1.54, 1.807) is 0 Å². The zero-order valence-electron chi connectivity index (χ0n) is 13.4. The molecule has 5 nitrogen and oxygen atoms in total. The van der Waals surface area contributed by atoms with Crippen LogP contribution >= 0.6 is 15.9 Å². The van der Waals surface area contributed by atoms with Crippen LogP contribution in [0.1, 0.15) is 5.56 Å². The smallest absolute Gasteiger partial charge is 0.276 e. The molecule has 1 atom stereocenters. The number of carbonyl (C=O) groups is 1. The van der Waals surface area contributed by atoms with E-state index >= 15 is 0 Å². The minimum atomic E-state index is -1.81. The van der Waals surface area contributed by atoms with Gasteiger partial charge in [-0.1, -0.05) is 0 Å². The maximum absolute atomic E-state index is 13.3. The third kappa shape index (κ3) is 3.95. The van der Waals surface area contributed by atoms with E-state index in [1.165, 1.54) is 59.9 Å². The summed E-state index contributed by atoms with van der Waals surface area (Å²) in [6, 6.07) is 9.52. The molecule has 134 valence electrons. The SMILES string of the molecule is CN1C(C(=O)Nc2ccc(F)c(Br)c2)=CC(c2ccc(F)cc2)=N[S+]1[O-]. The van der Waals surface area contributed by atoms with Crippen molar-refractivity contribution < 1.29 is 18.1 Å². The molecule has 0 bridgehead atoms. The number of hydrogen-bond acceptors (Lipinski definition) is 4. The molecule has 0 aromatic heterocycles. The Balaban J connectivity index is 1.88. The van der Waals surface area contributed by atoms with Crippen molar-refractivity contribution in [3.8, 4) is 0 Å². The van der Waals surface area contributed by atoms with Gasteiger partial charge in [0.25, 0.3) is 5.91 Å². The summed E-state index contributed by atoms with van der Waals surface area (Å²) < 4.78 is 44.0. The van der Waals surface area contributed by atoms with Crippen LogP contribution in [0, 0.1) is 11.6 Å². The highest BCUT2D eigenvalue weighted by Crippen LogP contribution is 2.23. The number of nitrogens with zero attached hydrogens (tertiary/aromatic N) is 2. The van der Waals surface area contributed by atoms with E-state index in [2.05, 4.69) is 25.6 Å². The molecule has 1 amide bonds. The van der Waals surface area contributed by atoms with Crippen LogP contribution < -0.4 is 5.32 Å². The van der Waals surface area contributed by atoms with Crippen molar-refractivity contribution >= 4 is 44.8 Å². The van der Waals surface area contributed by atoms with Gasteiger partial charge in [0.1, 0.15) is 17.3 Å². The van der Waals surface area contributed by atoms with Gasteiger partial charge in [-0.15, -0.1) is 0 Å². The number of halogens is 3. The molecule has 0 radical (unpaired) electrons. The van der Waals surface area contributed by atoms with E-state index in [0.29, 0.717) is 17.0 Å². The lowest BCUT2D eigenvalue weighted by molar-refractivity contribution is -0.113. The van der Waals surface area contributed by atoms with Crippen molar-refractivity contribution in [2.45, 2.75) is 0 Å². The second-order valence-electron chi connectivity index (χ2n) is 5.32. The fourth-order valence-electron chi connectivity index (χ4n) is 2.21. The van der Waals surface area contributed by atoms with Crippen molar-refractivity contribution in [1.29, 1.82) is 0 Å². The number of likely N-dealkylation sites (N-methyl/N-ethyl adjacent to an activating group) is 1. The van der Waals surface area contributed by atoms with Crippen molar-refractivity contribution in [3.05, 3.63) is 75.9 Å². The van der Waals surface area contributed by atoms with Crippen LogP contribution in [-0.2, 0) is 16.3 Å². The number of anilines is 1. The highest BCUT2D eigenvalue weighted by Gasteiger charge is 2.30. The molecule has 0 aliphatic carbocycles. The number of amides is 1. The lowest BCUT2D eigenvalue weighted by Crippen LogP contribution is -2.35. The highest BCUT2D eigenvalue weighted by molar-refractivity contribution is 9.10. The molecular formula is C17H12BrF2N3O2S. The molecule has 26 heavy (non-hydrogen) atoms. The lowest BCUT2D eigenvalue weighted by Gasteiger charge is -2.23. The molecular weight excluding hydrogens is 428 g/mol. The first-order valence-electron chi connectivity index (χ1n) is 7.33. The van der Waals surface area contributed by atoms with Gasteiger partial charge in [0.2, 0.25) is 11.5 Å². The number of allylic oxidation sites excluding steroid dienone is 1. The number of rotatable bonds is 3. The van der Waals surface area contributed by atoms with E-state index in [9.17, 15) is 18.1 Å². The maximum Gasteiger partial charge on any atom is 0.276 e. The molecule has 0 saturated carbocycles. The molecule has 1 aliphatic rings. The minimum absolute atomic E-state index is 0.109.